The van der Waals surface area contributed by atoms with E-state index in [1.165, 1.54) is 4.31 Å². The molecule has 0 spiro atoms. The molecule has 0 atom stereocenters. The van der Waals surface area contributed by atoms with Crippen molar-refractivity contribution in [3.63, 3.8) is 0 Å². The molecule has 1 fully saturated rings. The van der Waals surface area contributed by atoms with Gasteiger partial charge in [-0.2, -0.15) is 17.0 Å². The predicted molar refractivity (Wildman–Crippen MR) is 93.7 cm³/mol. The zero-order chi connectivity index (χ0) is 17.7. The Kier molecular flexibility index (Phi) is 6.85. The van der Waals surface area contributed by atoms with Crippen molar-refractivity contribution in [1.82, 2.24) is 8.61 Å². The van der Waals surface area contributed by atoms with Gasteiger partial charge in [-0.1, -0.05) is 36.2 Å². The first kappa shape index (κ1) is 19.4. The molecule has 1 aromatic carbocycles. The molecule has 1 aromatic rings. The molecule has 1 amide bonds. The van der Waals surface area contributed by atoms with Crippen LogP contribution in [0.15, 0.2) is 18.2 Å². The molecule has 0 unspecified atom stereocenters. The van der Waals surface area contributed by atoms with E-state index in [1.54, 1.807) is 25.1 Å². The summed E-state index contributed by atoms with van der Waals surface area (Å²) in [5, 5.41) is 3.14. The molecule has 1 aliphatic rings. The number of hydrogen-bond donors (Lipinski definition) is 1. The molecule has 1 heterocycles. The van der Waals surface area contributed by atoms with Crippen molar-refractivity contribution in [3.8, 4) is 0 Å². The number of nitrogens with one attached hydrogen (secondary N) is 1. The first-order chi connectivity index (χ1) is 11.4. The van der Waals surface area contributed by atoms with E-state index in [0.29, 0.717) is 13.2 Å². The molecule has 1 aliphatic heterocycles. The van der Waals surface area contributed by atoms with Crippen molar-refractivity contribution >= 4 is 45.0 Å². The van der Waals surface area contributed by atoms with Gasteiger partial charge < -0.3 is 10.1 Å². The summed E-state index contributed by atoms with van der Waals surface area (Å²) in [5.74, 6) is -0.510. The molecule has 0 saturated carbocycles. The van der Waals surface area contributed by atoms with E-state index in [-0.39, 0.29) is 41.9 Å². The fourth-order valence-corrected chi connectivity index (χ4v) is 4.29. The number of carbonyl (C=O) groups excluding carboxylic acids is 1. The lowest BCUT2D eigenvalue weighted by Crippen LogP contribution is -2.50. The van der Waals surface area contributed by atoms with Crippen LogP contribution in [0.2, 0.25) is 10.0 Å². The quantitative estimate of drug-likeness (QED) is 0.796. The second kappa shape index (κ2) is 8.46. The molecule has 1 N–H and O–H groups in total. The van der Waals surface area contributed by atoms with Crippen LogP contribution in [0.1, 0.15) is 6.92 Å². The van der Waals surface area contributed by atoms with Crippen LogP contribution in [0.25, 0.3) is 0 Å². The molecular formula is C14H19Cl2N3O4S. The summed E-state index contributed by atoms with van der Waals surface area (Å²) in [4.78, 5) is 12.2. The Morgan fingerprint density at radius 1 is 1.29 bits per heavy atom. The van der Waals surface area contributed by atoms with E-state index in [4.69, 9.17) is 27.9 Å². The largest absolute Gasteiger partial charge is 0.379 e. The lowest BCUT2D eigenvalue weighted by Gasteiger charge is -2.31. The number of halogens is 2. The molecule has 0 aromatic heterocycles. The zero-order valence-electron chi connectivity index (χ0n) is 13.2. The Hall–Kier alpha value is -0.900. The summed E-state index contributed by atoms with van der Waals surface area (Å²) >= 11 is 12.0. The number of hydrogen-bond acceptors (Lipinski definition) is 4. The highest BCUT2D eigenvalue weighted by molar-refractivity contribution is 7.86. The Morgan fingerprint density at radius 2 is 1.88 bits per heavy atom. The Morgan fingerprint density at radius 3 is 2.42 bits per heavy atom. The summed E-state index contributed by atoms with van der Waals surface area (Å²) in [7, 11) is -3.72. The Balaban J connectivity index is 2.08. The molecule has 0 aliphatic carbocycles. The Bertz CT molecular complexity index is 673. The molecule has 0 radical (unpaired) electrons. The van der Waals surface area contributed by atoms with Crippen molar-refractivity contribution in [2.24, 2.45) is 0 Å². The summed E-state index contributed by atoms with van der Waals surface area (Å²) < 4.78 is 32.8. The van der Waals surface area contributed by atoms with Gasteiger partial charge in [0.1, 0.15) is 0 Å². The summed E-state index contributed by atoms with van der Waals surface area (Å²) in [5.41, 5.74) is 0.269. The number of likely N-dealkylation sites (N-methyl/N-ethyl adjacent to an activating group) is 1. The van der Waals surface area contributed by atoms with Crippen molar-refractivity contribution in [2.45, 2.75) is 6.92 Å². The van der Waals surface area contributed by atoms with Gasteiger partial charge in [0.25, 0.3) is 10.2 Å². The topological polar surface area (TPSA) is 79.0 Å². The maximum atomic E-state index is 12.6. The van der Waals surface area contributed by atoms with Gasteiger partial charge in [0.2, 0.25) is 5.91 Å². The number of amides is 1. The van der Waals surface area contributed by atoms with Crippen molar-refractivity contribution in [2.75, 3.05) is 44.7 Å². The minimum Gasteiger partial charge on any atom is -0.379 e. The average Bonchev–Trinajstić information content (AvgIpc) is 2.57. The highest BCUT2D eigenvalue weighted by Gasteiger charge is 2.31. The predicted octanol–water partition coefficient (Wildman–Crippen LogP) is 1.83. The maximum absolute atomic E-state index is 12.6. The number of carbonyl (C=O) groups is 1. The van der Waals surface area contributed by atoms with Gasteiger partial charge >= 0.3 is 0 Å². The monoisotopic (exact) mass is 395 g/mol. The maximum Gasteiger partial charge on any atom is 0.282 e. The van der Waals surface area contributed by atoms with Crippen LogP contribution >= 0.6 is 23.2 Å². The lowest BCUT2D eigenvalue weighted by molar-refractivity contribution is -0.116. The number of ether oxygens (including phenoxy) is 1. The lowest BCUT2D eigenvalue weighted by atomic mass is 10.3. The third kappa shape index (κ3) is 4.59. The molecule has 10 heteroatoms. The molecule has 1 saturated heterocycles. The van der Waals surface area contributed by atoms with Crippen LogP contribution in [0.3, 0.4) is 0 Å². The Labute approximate surface area is 151 Å². The summed E-state index contributed by atoms with van der Waals surface area (Å²) in [6, 6.07) is 4.83. The van der Waals surface area contributed by atoms with Crippen LogP contribution in [0.5, 0.6) is 0 Å². The normalized spacial score (nSPS) is 16.3. The van der Waals surface area contributed by atoms with Crippen LogP contribution in [-0.4, -0.2) is 62.3 Å². The summed E-state index contributed by atoms with van der Waals surface area (Å²) in [6.45, 7) is 2.76. The number of benzene rings is 1. The van der Waals surface area contributed by atoms with Crippen molar-refractivity contribution < 1.29 is 17.9 Å². The van der Waals surface area contributed by atoms with E-state index in [9.17, 15) is 13.2 Å². The van der Waals surface area contributed by atoms with Crippen LogP contribution < -0.4 is 5.32 Å². The first-order valence-electron chi connectivity index (χ1n) is 7.43. The molecule has 7 nitrogen and oxygen atoms in total. The van der Waals surface area contributed by atoms with E-state index in [1.807, 2.05) is 0 Å². The fourth-order valence-electron chi connectivity index (χ4n) is 2.25. The first-order valence-corrected chi connectivity index (χ1v) is 9.58. The smallest absolute Gasteiger partial charge is 0.282 e. The molecular weight excluding hydrogens is 377 g/mol. The number of morpholine rings is 1. The van der Waals surface area contributed by atoms with E-state index in [2.05, 4.69) is 5.32 Å². The fraction of sp³-hybridized carbons (Fsp3) is 0.500. The number of anilines is 1. The second-order valence-corrected chi connectivity index (χ2v) is 7.83. The van der Waals surface area contributed by atoms with Crippen LogP contribution in [0, 0.1) is 0 Å². The second-order valence-electron chi connectivity index (χ2n) is 5.09. The number of rotatable bonds is 6. The van der Waals surface area contributed by atoms with Crippen LogP contribution in [-0.2, 0) is 19.7 Å². The van der Waals surface area contributed by atoms with Crippen molar-refractivity contribution in [3.05, 3.63) is 28.2 Å². The highest BCUT2D eigenvalue weighted by Crippen LogP contribution is 2.29. The molecule has 0 bridgehead atoms. The minimum absolute atomic E-state index is 0.170. The van der Waals surface area contributed by atoms with Gasteiger partial charge in [0, 0.05) is 19.6 Å². The van der Waals surface area contributed by atoms with Gasteiger partial charge in [0.15, 0.2) is 0 Å². The van der Waals surface area contributed by atoms with Gasteiger partial charge in [0.05, 0.1) is 35.5 Å². The van der Waals surface area contributed by atoms with Crippen molar-refractivity contribution in [1.29, 1.82) is 0 Å². The molecule has 24 heavy (non-hydrogen) atoms. The highest BCUT2D eigenvalue weighted by atomic mass is 35.5. The molecule has 2 rings (SSSR count). The van der Waals surface area contributed by atoms with Gasteiger partial charge in [-0.3, -0.25) is 4.79 Å². The third-order valence-electron chi connectivity index (χ3n) is 3.52. The van der Waals surface area contributed by atoms with Gasteiger partial charge in [-0.05, 0) is 12.1 Å². The zero-order valence-corrected chi connectivity index (χ0v) is 15.5. The summed E-state index contributed by atoms with van der Waals surface area (Å²) in [6.07, 6.45) is 0. The number of para-hydroxylation sites is 1. The SMILES string of the molecule is CCN(CC(=O)Nc1c(Cl)cccc1Cl)S(=O)(=O)N1CCOCC1. The third-order valence-corrected chi connectivity index (χ3v) is 6.21. The van der Waals surface area contributed by atoms with Gasteiger partial charge in [-0.25, -0.2) is 0 Å². The van der Waals surface area contributed by atoms with Crippen LogP contribution in [0.4, 0.5) is 5.69 Å². The number of nitrogens with zero attached hydrogens (tertiary/aromatic N) is 2. The minimum atomic E-state index is -3.72. The van der Waals surface area contributed by atoms with E-state index >= 15 is 0 Å². The standard InChI is InChI=1S/C14H19Cl2N3O4S/c1-2-18(24(21,22)19-6-8-23-9-7-19)10-13(20)17-14-11(15)4-3-5-12(14)16/h3-5H,2,6-10H2,1H3,(H,17,20). The van der Waals surface area contributed by atoms with E-state index < -0.39 is 16.1 Å². The van der Waals surface area contributed by atoms with Gasteiger partial charge in [-0.15, -0.1) is 0 Å². The van der Waals surface area contributed by atoms with E-state index in [0.717, 1.165) is 4.31 Å². The molecule has 134 valence electrons. The average molecular weight is 396 g/mol.